The molecule has 0 saturated heterocycles. The highest BCUT2D eigenvalue weighted by Gasteiger charge is 2.12. The first-order valence-electron chi connectivity index (χ1n) is 6.46. The SMILES string of the molecule is CC(C)(C)c1ccc(SCCCCC(=N)N)cc1. The van der Waals surface area contributed by atoms with Crippen molar-refractivity contribution in [2.75, 3.05) is 5.75 Å². The molecule has 1 aromatic rings. The van der Waals surface area contributed by atoms with Crippen LogP contribution >= 0.6 is 11.8 Å². The van der Waals surface area contributed by atoms with E-state index >= 15 is 0 Å². The van der Waals surface area contributed by atoms with Gasteiger partial charge < -0.3 is 5.73 Å². The van der Waals surface area contributed by atoms with Gasteiger partial charge in [-0.1, -0.05) is 32.9 Å². The summed E-state index contributed by atoms with van der Waals surface area (Å²) < 4.78 is 0. The second kappa shape index (κ2) is 6.83. The summed E-state index contributed by atoms with van der Waals surface area (Å²) in [6.07, 6.45) is 2.86. The van der Waals surface area contributed by atoms with Gasteiger partial charge >= 0.3 is 0 Å². The maximum Gasteiger partial charge on any atom is 0.0905 e. The maximum atomic E-state index is 7.15. The second-order valence-electron chi connectivity index (χ2n) is 5.61. The first-order valence-corrected chi connectivity index (χ1v) is 7.44. The molecular weight excluding hydrogens is 240 g/mol. The monoisotopic (exact) mass is 264 g/mol. The minimum absolute atomic E-state index is 0.227. The van der Waals surface area contributed by atoms with Crippen molar-refractivity contribution in [2.45, 2.75) is 50.3 Å². The summed E-state index contributed by atoms with van der Waals surface area (Å²) in [6, 6.07) is 8.85. The predicted molar refractivity (Wildman–Crippen MR) is 81.6 cm³/mol. The zero-order valence-electron chi connectivity index (χ0n) is 11.6. The average molecular weight is 264 g/mol. The summed E-state index contributed by atoms with van der Waals surface area (Å²) in [5, 5.41) is 7.15. The number of hydrogen-bond donors (Lipinski definition) is 2. The fourth-order valence-electron chi connectivity index (χ4n) is 1.66. The van der Waals surface area contributed by atoms with Crippen molar-refractivity contribution in [3.05, 3.63) is 29.8 Å². The topological polar surface area (TPSA) is 49.9 Å². The van der Waals surface area contributed by atoms with Crippen molar-refractivity contribution in [1.29, 1.82) is 5.41 Å². The highest BCUT2D eigenvalue weighted by atomic mass is 32.2. The van der Waals surface area contributed by atoms with E-state index in [1.54, 1.807) is 0 Å². The highest BCUT2D eigenvalue weighted by molar-refractivity contribution is 7.99. The fraction of sp³-hybridized carbons (Fsp3) is 0.533. The van der Waals surface area contributed by atoms with Crippen LogP contribution in [0.5, 0.6) is 0 Å². The lowest BCUT2D eigenvalue weighted by Gasteiger charge is -2.19. The highest BCUT2D eigenvalue weighted by Crippen LogP contribution is 2.26. The molecule has 0 bridgehead atoms. The Hall–Kier alpha value is -0.960. The van der Waals surface area contributed by atoms with Crippen LogP contribution in [0.2, 0.25) is 0 Å². The van der Waals surface area contributed by atoms with Crippen LogP contribution < -0.4 is 5.73 Å². The van der Waals surface area contributed by atoms with Gasteiger partial charge in [0.2, 0.25) is 0 Å². The summed E-state index contributed by atoms with van der Waals surface area (Å²) in [5.41, 5.74) is 6.92. The third-order valence-electron chi connectivity index (χ3n) is 2.83. The zero-order chi connectivity index (χ0) is 13.6. The Morgan fingerprint density at radius 3 is 2.28 bits per heavy atom. The molecule has 0 unspecified atom stereocenters. The van der Waals surface area contributed by atoms with Gasteiger partial charge in [0.25, 0.3) is 0 Å². The lowest BCUT2D eigenvalue weighted by atomic mass is 9.87. The van der Waals surface area contributed by atoms with Gasteiger partial charge in [0.05, 0.1) is 5.84 Å². The number of benzene rings is 1. The largest absolute Gasteiger partial charge is 0.388 e. The molecule has 0 fully saturated rings. The van der Waals surface area contributed by atoms with Gasteiger partial charge in [-0.3, -0.25) is 5.41 Å². The summed E-state index contributed by atoms with van der Waals surface area (Å²) in [4.78, 5) is 1.32. The molecule has 0 heterocycles. The van der Waals surface area contributed by atoms with Crippen LogP contribution in [0, 0.1) is 5.41 Å². The predicted octanol–water partition coefficient (Wildman–Crippen LogP) is 4.18. The van der Waals surface area contributed by atoms with E-state index in [9.17, 15) is 0 Å². The van der Waals surface area contributed by atoms with Crippen molar-refractivity contribution >= 4 is 17.6 Å². The van der Waals surface area contributed by atoms with Gasteiger partial charge in [0.1, 0.15) is 0 Å². The normalized spacial score (nSPS) is 11.5. The quantitative estimate of drug-likeness (QED) is 0.350. The molecule has 0 amide bonds. The van der Waals surface area contributed by atoms with E-state index in [1.165, 1.54) is 10.5 Å². The van der Waals surface area contributed by atoms with Gasteiger partial charge in [-0.25, -0.2) is 0 Å². The number of hydrogen-bond acceptors (Lipinski definition) is 2. The molecule has 0 spiro atoms. The molecule has 0 aliphatic rings. The van der Waals surface area contributed by atoms with Crippen LogP contribution in [0.3, 0.4) is 0 Å². The number of nitrogens with one attached hydrogen (secondary N) is 1. The van der Waals surface area contributed by atoms with E-state index in [1.807, 2.05) is 11.8 Å². The van der Waals surface area contributed by atoms with Crippen molar-refractivity contribution in [1.82, 2.24) is 0 Å². The Labute approximate surface area is 115 Å². The molecule has 18 heavy (non-hydrogen) atoms. The van der Waals surface area contributed by atoms with Crippen molar-refractivity contribution in [3.8, 4) is 0 Å². The Balaban J connectivity index is 2.33. The molecule has 0 radical (unpaired) electrons. The lowest BCUT2D eigenvalue weighted by molar-refractivity contribution is 0.590. The first kappa shape index (κ1) is 15.1. The van der Waals surface area contributed by atoms with Crippen molar-refractivity contribution in [3.63, 3.8) is 0 Å². The van der Waals surface area contributed by atoms with E-state index in [0.29, 0.717) is 5.84 Å². The summed E-state index contributed by atoms with van der Waals surface area (Å²) in [7, 11) is 0. The molecule has 0 aliphatic heterocycles. The lowest BCUT2D eigenvalue weighted by Crippen LogP contribution is -2.10. The number of nitrogens with two attached hydrogens (primary N) is 1. The van der Waals surface area contributed by atoms with Gasteiger partial charge in [0, 0.05) is 11.3 Å². The Morgan fingerprint density at radius 2 is 1.78 bits per heavy atom. The molecule has 0 aliphatic carbocycles. The first-order chi connectivity index (χ1) is 8.39. The smallest absolute Gasteiger partial charge is 0.0905 e. The van der Waals surface area contributed by atoms with E-state index in [0.717, 1.165) is 25.0 Å². The summed E-state index contributed by atoms with van der Waals surface area (Å²) in [6.45, 7) is 6.70. The fourth-order valence-corrected chi connectivity index (χ4v) is 2.57. The van der Waals surface area contributed by atoms with E-state index in [2.05, 4.69) is 45.0 Å². The third kappa shape index (κ3) is 5.58. The maximum absolute atomic E-state index is 7.15. The van der Waals surface area contributed by atoms with E-state index < -0.39 is 0 Å². The summed E-state index contributed by atoms with van der Waals surface area (Å²) >= 11 is 1.88. The second-order valence-corrected chi connectivity index (χ2v) is 6.77. The van der Waals surface area contributed by atoms with Crippen LogP contribution in [0.25, 0.3) is 0 Å². The van der Waals surface area contributed by atoms with E-state index in [-0.39, 0.29) is 5.41 Å². The number of thioether (sulfide) groups is 1. The molecule has 1 rings (SSSR count). The molecule has 2 nitrogen and oxygen atoms in total. The van der Waals surface area contributed by atoms with Gasteiger partial charge in [-0.15, -0.1) is 11.8 Å². The van der Waals surface area contributed by atoms with Gasteiger partial charge in [-0.2, -0.15) is 0 Å². The molecule has 0 aromatic heterocycles. The van der Waals surface area contributed by atoms with E-state index in [4.69, 9.17) is 11.1 Å². The number of amidine groups is 1. The Morgan fingerprint density at radius 1 is 1.17 bits per heavy atom. The minimum atomic E-state index is 0.227. The van der Waals surface area contributed by atoms with Crippen molar-refractivity contribution < 1.29 is 0 Å². The standard InChI is InChI=1S/C15H24N2S/c1-15(2,3)12-7-9-13(10-8-12)18-11-5-4-6-14(16)17/h7-10H,4-6,11H2,1-3H3,(H3,16,17). The third-order valence-corrected chi connectivity index (χ3v) is 3.93. The van der Waals surface area contributed by atoms with Crippen LogP contribution in [0.4, 0.5) is 0 Å². The van der Waals surface area contributed by atoms with Gasteiger partial charge in [0.15, 0.2) is 0 Å². The molecule has 3 N–H and O–H groups in total. The molecule has 0 atom stereocenters. The van der Waals surface area contributed by atoms with Crippen molar-refractivity contribution in [2.24, 2.45) is 5.73 Å². The number of unbranched alkanes of at least 4 members (excludes halogenated alkanes) is 1. The van der Waals surface area contributed by atoms with Gasteiger partial charge in [-0.05, 0) is 41.7 Å². The molecule has 100 valence electrons. The zero-order valence-corrected chi connectivity index (χ0v) is 12.4. The van der Waals surface area contributed by atoms with Crippen LogP contribution in [-0.2, 0) is 5.41 Å². The summed E-state index contributed by atoms with van der Waals surface area (Å²) in [5.74, 6) is 1.40. The minimum Gasteiger partial charge on any atom is -0.388 e. The van der Waals surface area contributed by atoms with Crippen LogP contribution in [-0.4, -0.2) is 11.6 Å². The van der Waals surface area contributed by atoms with Crippen LogP contribution in [0.1, 0.15) is 45.6 Å². The number of rotatable bonds is 6. The molecule has 1 aromatic carbocycles. The molecule has 3 heteroatoms. The van der Waals surface area contributed by atoms with Crippen LogP contribution in [0.15, 0.2) is 29.2 Å². The molecule has 0 saturated carbocycles. The average Bonchev–Trinajstić information content (AvgIpc) is 2.27. The molecular formula is C15H24N2S. The Kier molecular flexibility index (Phi) is 5.73. The Bertz CT molecular complexity index is 376.